The quantitative estimate of drug-likeness (QED) is 0.293. The Morgan fingerprint density at radius 3 is 2.38 bits per heavy atom. The van der Waals surface area contributed by atoms with Crippen LogP contribution >= 0.6 is 0 Å². The molecule has 2 aromatic carbocycles. The molecule has 0 unspecified atom stereocenters. The average Bonchev–Trinajstić information content (AvgIpc) is 2.65. The van der Waals surface area contributed by atoms with Crippen molar-refractivity contribution < 1.29 is 34.4 Å². The summed E-state index contributed by atoms with van der Waals surface area (Å²) in [5, 5.41) is 39.8. The Balaban J connectivity index is 2.11. The molecule has 0 radical (unpaired) electrons. The lowest BCUT2D eigenvalue weighted by Crippen LogP contribution is -2.24. The zero-order chi connectivity index (χ0) is 21.0. The second kappa shape index (κ2) is 6.44. The van der Waals surface area contributed by atoms with Gasteiger partial charge in [0.25, 0.3) is 0 Å². The lowest BCUT2D eigenvalue weighted by molar-refractivity contribution is -0.136. The van der Waals surface area contributed by atoms with Crippen LogP contribution in [0.4, 0.5) is 0 Å². The SMILES string of the molecule is CC(C)[C@H]1CC(=O)Oc2cc(O)c3c(=O)c(O)c(-c4ccc(O)c(O)c4)oc3c21. The monoisotopic (exact) mass is 398 g/mol. The fourth-order valence-electron chi connectivity index (χ4n) is 3.65. The molecule has 0 amide bonds. The van der Waals surface area contributed by atoms with Crippen LogP contribution in [0.1, 0.15) is 31.7 Å². The van der Waals surface area contributed by atoms with Crippen LogP contribution in [-0.2, 0) is 4.79 Å². The Morgan fingerprint density at radius 1 is 1.00 bits per heavy atom. The Kier molecular flexibility index (Phi) is 4.15. The molecule has 1 aromatic heterocycles. The van der Waals surface area contributed by atoms with Crippen LogP contribution in [0.2, 0.25) is 0 Å². The van der Waals surface area contributed by atoms with Crippen LogP contribution in [0.25, 0.3) is 22.3 Å². The molecule has 3 aromatic rings. The molecule has 4 N–H and O–H groups in total. The summed E-state index contributed by atoms with van der Waals surface area (Å²) >= 11 is 0. The molecule has 29 heavy (non-hydrogen) atoms. The van der Waals surface area contributed by atoms with Crippen molar-refractivity contribution in [2.24, 2.45) is 5.92 Å². The number of fused-ring (bicyclic) bond motifs is 3. The summed E-state index contributed by atoms with van der Waals surface area (Å²) in [5.74, 6) is -3.03. The fraction of sp³-hybridized carbons (Fsp3) is 0.238. The van der Waals surface area contributed by atoms with E-state index >= 15 is 0 Å². The maximum absolute atomic E-state index is 12.8. The van der Waals surface area contributed by atoms with E-state index in [-0.39, 0.29) is 52.0 Å². The number of hydrogen-bond acceptors (Lipinski definition) is 8. The molecule has 8 heteroatoms. The van der Waals surface area contributed by atoms with Crippen molar-refractivity contribution in [2.45, 2.75) is 26.2 Å². The van der Waals surface area contributed by atoms with Gasteiger partial charge >= 0.3 is 5.97 Å². The van der Waals surface area contributed by atoms with Gasteiger partial charge in [-0.05, 0) is 24.1 Å². The summed E-state index contributed by atoms with van der Waals surface area (Å²) in [6.45, 7) is 3.81. The van der Waals surface area contributed by atoms with Gasteiger partial charge in [0.1, 0.15) is 22.5 Å². The molecule has 8 nitrogen and oxygen atoms in total. The van der Waals surface area contributed by atoms with Crippen molar-refractivity contribution in [3.63, 3.8) is 0 Å². The van der Waals surface area contributed by atoms with Crippen molar-refractivity contribution >= 4 is 16.9 Å². The van der Waals surface area contributed by atoms with E-state index in [9.17, 15) is 30.0 Å². The van der Waals surface area contributed by atoms with E-state index in [1.165, 1.54) is 18.2 Å². The molecule has 0 aliphatic carbocycles. The smallest absolute Gasteiger partial charge is 0.311 e. The molecule has 0 saturated heterocycles. The van der Waals surface area contributed by atoms with E-state index in [4.69, 9.17) is 9.15 Å². The van der Waals surface area contributed by atoms with Gasteiger partial charge in [-0.15, -0.1) is 0 Å². The normalized spacial score (nSPS) is 16.1. The summed E-state index contributed by atoms with van der Waals surface area (Å²) < 4.78 is 11.1. The van der Waals surface area contributed by atoms with Crippen molar-refractivity contribution in [2.75, 3.05) is 0 Å². The molecule has 0 fully saturated rings. The third-order valence-electron chi connectivity index (χ3n) is 5.15. The number of rotatable bonds is 2. The van der Waals surface area contributed by atoms with E-state index in [1.54, 1.807) is 0 Å². The summed E-state index contributed by atoms with van der Waals surface area (Å²) in [7, 11) is 0. The van der Waals surface area contributed by atoms with Crippen molar-refractivity contribution in [1.29, 1.82) is 0 Å². The minimum Gasteiger partial charge on any atom is -0.507 e. The van der Waals surface area contributed by atoms with Crippen molar-refractivity contribution in [3.8, 4) is 40.1 Å². The van der Waals surface area contributed by atoms with Crippen molar-refractivity contribution in [1.82, 2.24) is 0 Å². The van der Waals surface area contributed by atoms with E-state index in [0.717, 1.165) is 6.07 Å². The molecule has 1 aliphatic heterocycles. The van der Waals surface area contributed by atoms with E-state index in [2.05, 4.69) is 0 Å². The third-order valence-corrected chi connectivity index (χ3v) is 5.15. The predicted octanol–water partition coefficient (Wildman–Crippen LogP) is 3.33. The van der Waals surface area contributed by atoms with Gasteiger partial charge < -0.3 is 29.6 Å². The standard InChI is InChI=1S/C21H18O8/c1-8(2)10-6-15(25)28-14-7-13(24)17-18(26)19(27)20(29-21(17)16(10)14)9-3-4-11(22)12(23)5-9/h3-5,7-8,10,22-24,27H,6H2,1-2H3/t10-/m1/s1. The lowest BCUT2D eigenvalue weighted by atomic mass is 9.82. The van der Waals surface area contributed by atoms with Crippen LogP contribution in [0.5, 0.6) is 28.7 Å². The third kappa shape index (κ3) is 2.84. The number of carbonyl (C=O) groups is 1. The number of carbonyl (C=O) groups excluding carboxylic acids is 1. The topological polar surface area (TPSA) is 137 Å². The average molecular weight is 398 g/mol. The van der Waals surface area contributed by atoms with Crippen LogP contribution in [0.3, 0.4) is 0 Å². The Bertz CT molecular complexity index is 1220. The van der Waals surface area contributed by atoms with Crippen LogP contribution in [0, 0.1) is 5.92 Å². The number of phenolic OH excluding ortho intramolecular Hbond substituents is 3. The second-order valence-corrected chi connectivity index (χ2v) is 7.35. The van der Waals surface area contributed by atoms with Crippen LogP contribution in [0.15, 0.2) is 33.5 Å². The second-order valence-electron chi connectivity index (χ2n) is 7.35. The molecule has 0 spiro atoms. The molecule has 0 saturated carbocycles. The van der Waals surface area contributed by atoms with E-state index in [1.807, 2.05) is 13.8 Å². The predicted molar refractivity (Wildman–Crippen MR) is 102 cm³/mol. The number of hydrogen-bond donors (Lipinski definition) is 4. The summed E-state index contributed by atoms with van der Waals surface area (Å²) in [6.07, 6.45) is 0.0739. The summed E-state index contributed by atoms with van der Waals surface area (Å²) in [5.41, 5.74) is -0.276. The Morgan fingerprint density at radius 2 is 1.72 bits per heavy atom. The highest BCUT2D eigenvalue weighted by molar-refractivity contribution is 5.93. The lowest BCUT2D eigenvalue weighted by Gasteiger charge is -2.28. The maximum Gasteiger partial charge on any atom is 0.311 e. The Hall–Kier alpha value is -3.68. The van der Waals surface area contributed by atoms with Gasteiger partial charge in [-0.3, -0.25) is 9.59 Å². The first-order chi connectivity index (χ1) is 13.7. The minimum atomic E-state index is -0.867. The van der Waals surface area contributed by atoms with E-state index in [0.29, 0.717) is 5.56 Å². The van der Waals surface area contributed by atoms with Gasteiger partial charge in [0, 0.05) is 23.1 Å². The largest absolute Gasteiger partial charge is 0.507 e. The maximum atomic E-state index is 12.8. The first-order valence-electron chi connectivity index (χ1n) is 8.97. The zero-order valence-electron chi connectivity index (χ0n) is 15.6. The molecule has 1 atom stereocenters. The molecule has 1 aliphatic rings. The first kappa shape index (κ1) is 18.7. The van der Waals surface area contributed by atoms with Crippen molar-refractivity contribution in [3.05, 3.63) is 40.1 Å². The number of esters is 1. The van der Waals surface area contributed by atoms with Gasteiger partial charge in [0.15, 0.2) is 17.3 Å². The van der Waals surface area contributed by atoms with Gasteiger partial charge in [-0.1, -0.05) is 13.8 Å². The number of aromatic hydroxyl groups is 4. The number of phenols is 3. The molecule has 150 valence electrons. The molecule has 0 bridgehead atoms. The summed E-state index contributed by atoms with van der Waals surface area (Å²) in [4.78, 5) is 24.8. The van der Waals surface area contributed by atoms with Gasteiger partial charge in [0.05, 0.1) is 6.42 Å². The number of benzene rings is 2. The van der Waals surface area contributed by atoms with Gasteiger partial charge in [0.2, 0.25) is 11.2 Å². The highest BCUT2D eigenvalue weighted by atomic mass is 16.5. The van der Waals surface area contributed by atoms with Gasteiger partial charge in [-0.2, -0.15) is 0 Å². The van der Waals surface area contributed by atoms with Crippen LogP contribution in [-0.4, -0.2) is 26.4 Å². The Labute approximate surface area is 164 Å². The highest BCUT2D eigenvalue weighted by Crippen LogP contribution is 2.47. The fourth-order valence-corrected chi connectivity index (χ4v) is 3.65. The molecular formula is C21H18O8. The highest BCUT2D eigenvalue weighted by Gasteiger charge is 2.35. The molecule has 2 heterocycles. The minimum absolute atomic E-state index is 0.00318. The first-order valence-corrected chi connectivity index (χ1v) is 8.97. The zero-order valence-corrected chi connectivity index (χ0v) is 15.6. The van der Waals surface area contributed by atoms with Crippen LogP contribution < -0.4 is 10.2 Å². The number of ether oxygens (including phenoxy) is 1. The summed E-state index contributed by atoms with van der Waals surface area (Å²) in [6, 6.07) is 4.85. The molecule has 4 rings (SSSR count). The molecular weight excluding hydrogens is 380 g/mol. The van der Waals surface area contributed by atoms with E-state index < -0.39 is 28.6 Å². The van der Waals surface area contributed by atoms with Gasteiger partial charge in [-0.25, -0.2) is 0 Å².